The molecule has 0 aliphatic heterocycles. The van der Waals surface area contributed by atoms with E-state index in [9.17, 15) is 31.5 Å². The maximum absolute atomic E-state index is 14.1. The molecule has 0 aliphatic carbocycles. The lowest BCUT2D eigenvalue weighted by Crippen LogP contribution is -2.29. The van der Waals surface area contributed by atoms with Crippen molar-refractivity contribution in [2.24, 2.45) is 0 Å². The Bertz CT molecular complexity index is 1720. The van der Waals surface area contributed by atoms with Crippen LogP contribution in [0.15, 0.2) is 69.2 Å². The second-order valence-corrected chi connectivity index (χ2v) is 10.8. The van der Waals surface area contributed by atoms with Gasteiger partial charge in [-0.2, -0.15) is 9.37 Å². The Morgan fingerprint density at radius 2 is 1.66 bits per heavy atom. The number of nitrogens with zero attached hydrogens (tertiary/aromatic N) is 3. The van der Waals surface area contributed by atoms with Gasteiger partial charge in [-0.3, -0.25) is 9.36 Å². The molecule has 0 aliphatic rings. The number of hydrogen-bond donors (Lipinski definition) is 1. The lowest BCUT2D eigenvalue weighted by molar-refractivity contribution is 0.114. The fraction of sp³-hybridized carbons (Fsp3) is 0.250. The van der Waals surface area contributed by atoms with Crippen LogP contribution in [0.3, 0.4) is 0 Å². The fourth-order valence-electron chi connectivity index (χ4n) is 4.42. The lowest BCUT2D eigenvalue weighted by Gasteiger charge is -2.25. The Hall–Kier alpha value is -4.07. The summed E-state index contributed by atoms with van der Waals surface area (Å²) in [6.07, 6.45) is 0. The van der Waals surface area contributed by atoms with Crippen LogP contribution in [-0.2, 0) is 25.9 Å². The molecule has 0 fully saturated rings. The fourth-order valence-corrected chi connectivity index (χ4v) is 5.76. The topological polar surface area (TPSA) is 121 Å². The summed E-state index contributed by atoms with van der Waals surface area (Å²) in [5, 5.41) is 11.3. The molecule has 1 N–H and O–H groups in total. The molecule has 0 spiro atoms. The quantitative estimate of drug-likeness (QED) is 0.271. The average Bonchev–Trinajstić information content (AvgIpc) is 2.90. The molecule has 216 valence electrons. The number of aromatic nitrogens is 3. The van der Waals surface area contributed by atoms with Crippen molar-refractivity contribution >= 4 is 9.84 Å². The standard InChI is InChI=1S/C28H26F3N3O6S/c1-4-40-15-25-33-27(35)26(28(36)34(25)23(14-39-3)18-11-19(29)13-20(30)12-18)41(37,38)21-7-5-17(6-8-21)22-9-10-24(31)32-16(22)2/h5-13,23,36H,4,14-15H2,1-3H3/t23-/m0/s1. The first-order valence-corrected chi connectivity index (χ1v) is 13.8. The predicted molar refractivity (Wildman–Crippen MR) is 142 cm³/mol. The van der Waals surface area contributed by atoms with E-state index < -0.39 is 49.8 Å². The summed E-state index contributed by atoms with van der Waals surface area (Å²) in [6, 6.07) is 9.46. The predicted octanol–water partition coefficient (Wildman–Crippen LogP) is 4.34. The summed E-state index contributed by atoms with van der Waals surface area (Å²) in [5.74, 6) is -3.69. The molecule has 13 heteroatoms. The highest BCUT2D eigenvalue weighted by atomic mass is 32.2. The van der Waals surface area contributed by atoms with Crippen LogP contribution in [-0.4, -0.2) is 48.4 Å². The third kappa shape index (κ3) is 6.16. The minimum absolute atomic E-state index is 0.0150. The number of sulfone groups is 1. The van der Waals surface area contributed by atoms with E-state index in [-0.39, 0.29) is 36.1 Å². The molecule has 41 heavy (non-hydrogen) atoms. The van der Waals surface area contributed by atoms with Crippen molar-refractivity contribution in [3.8, 4) is 17.0 Å². The van der Waals surface area contributed by atoms with Gasteiger partial charge in [-0.05, 0) is 61.4 Å². The summed E-state index contributed by atoms with van der Waals surface area (Å²) in [4.78, 5) is 19.3. The number of aromatic hydroxyl groups is 1. The van der Waals surface area contributed by atoms with Crippen LogP contribution in [0.25, 0.3) is 11.1 Å². The van der Waals surface area contributed by atoms with Crippen molar-refractivity contribution < 1.29 is 36.2 Å². The maximum atomic E-state index is 14.1. The van der Waals surface area contributed by atoms with Crippen molar-refractivity contribution in [1.29, 1.82) is 0 Å². The van der Waals surface area contributed by atoms with Gasteiger partial charge in [0.1, 0.15) is 24.1 Å². The Morgan fingerprint density at radius 3 is 2.24 bits per heavy atom. The molecular formula is C28H26F3N3O6S. The van der Waals surface area contributed by atoms with Gasteiger partial charge in [0.2, 0.25) is 21.7 Å². The maximum Gasteiger partial charge on any atom is 0.296 e. The molecule has 0 saturated heterocycles. The van der Waals surface area contributed by atoms with Gasteiger partial charge in [0, 0.05) is 31.0 Å². The van der Waals surface area contributed by atoms with Gasteiger partial charge in [0.15, 0.2) is 4.90 Å². The Labute approximate surface area is 233 Å². The Morgan fingerprint density at radius 1 is 1.00 bits per heavy atom. The lowest BCUT2D eigenvalue weighted by atomic mass is 10.1. The van der Waals surface area contributed by atoms with E-state index in [0.29, 0.717) is 22.9 Å². The summed E-state index contributed by atoms with van der Waals surface area (Å²) < 4.78 is 80.6. The highest BCUT2D eigenvalue weighted by molar-refractivity contribution is 7.91. The van der Waals surface area contributed by atoms with Crippen molar-refractivity contribution in [1.82, 2.24) is 14.5 Å². The van der Waals surface area contributed by atoms with E-state index in [2.05, 4.69) is 9.97 Å². The molecule has 0 radical (unpaired) electrons. The summed E-state index contributed by atoms with van der Waals surface area (Å²) in [5.41, 5.74) is 0.214. The van der Waals surface area contributed by atoms with Crippen LogP contribution in [0.5, 0.6) is 5.88 Å². The van der Waals surface area contributed by atoms with Crippen molar-refractivity contribution in [3.05, 3.63) is 99.6 Å². The Balaban J connectivity index is 1.89. The van der Waals surface area contributed by atoms with Gasteiger partial charge in [0.25, 0.3) is 5.56 Å². The third-order valence-electron chi connectivity index (χ3n) is 6.27. The largest absolute Gasteiger partial charge is 0.493 e. The molecule has 4 aromatic rings. The van der Waals surface area contributed by atoms with E-state index >= 15 is 0 Å². The SMILES string of the molecule is CCOCc1nc(=O)c(S(=O)(=O)c2ccc(-c3ccc(F)nc3C)cc2)c(O)n1[C@@H](COC)c1cc(F)cc(F)c1. The number of halogens is 3. The summed E-state index contributed by atoms with van der Waals surface area (Å²) in [6.45, 7) is 2.86. The minimum atomic E-state index is -4.67. The van der Waals surface area contributed by atoms with E-state index in [1.165, 1.54) is 43.5 Å². The van der Waals surface area contributed by atoms with Crippen LogP contribution in [0.1, 0.15) is 30.0 Å². The van der Waals surface area contributed by atoms with Gasteiger partial charge < -0.3 is 14.6 Å². The molecule has 9 nitrogen and oxygen atoms in total. The van der Waals surface area contributed by atoms with Crippen molar-refractivity contribution in [3.63, 3.8) is 0 Å². The first kappa shape index (κ1) is 29.9. The third-order valence-corrected chi connectivity index (χ3v) is 8.06. The zero-order valence-electron chi connectivity index (χ0n) is 22.3. The van der Waals surface area contributed by atoms with E-state index in [1.807, 2.05) is 0 Å². The van der Waals surface area contributed by atoms with Crippen molar-refractivity contribution in [2.75, 3.05) is 20.3 Å². The van der Waals surface area contributed by atoms with Crippen LogP contribution in [0.4, 0.5) is 13.2 Å². The molecule has 2 aromatic carbocycles. The molecule has 4 rings (SSSR count). The average molecular weight is 590 g/mol. The smallest absolute Gasteiger partial charge is 0.296 e. The number of methoxy groups -OCH3 is 1. The molecule has 0 amide bonds. The van der Waals surface area contributed by atoms with Gasteiger partial charge in [-0.1, -0.05) is 12.1 Å². The van der Waals surface area contributed by atoms with Crippen LogP contribution < -0.4 is 5.56 Å². The molecule has 2 heterocycles. The molecule has 0 unspecified atom stereocenters. The number of benzene rings is 2. The zero-order chi connectivity index (χ0) is 29.9. The number of hydrogen-bond acceptors (Lipinski definition) is 8. The second-order valence-electron chi connectivity index (χ2n) is 8.96. The van der Waals surface area contributed by atoms with E-state index in [0.717, 1.165) is 16.7 Å². The molecular weight excluding hydrogens is 563 g/mol. The van der Waals surface area contributed by atoms with Gasteiger partial charge in [0.05, 0.1) is 17.5 Å². The highest BCUT2D eigenvalue weighted by Gasteiger charge is 2.32. The number of ether oxygens (including phenoxy) is 2. The van der Waals surface area contributed by atoms with Gasteiger partial charge >= 0.3 is 0 Å². The number of aryl methyl sites for hydroxylation is 1. The van der Waals surface area contributed by atoms with Crippen molar-refractivity contribution in [2.45, 2.75) is 36.3 Å². The van der Waals surface area contributed by atoms with E-state index in [1.54, 1.807) is 13.8 Å². The van der Waals surface area contributed by atoms with Crippen LogP contribution in [0.2, 0.25) is 0 Å². The molecule has 0 bridgehead atoms. The molecule has 0 saturated carbocycles. The minimum Gasteiger partial charge on any atom is -0.493 e. The normalized spacial score (nSPS) is 12.4. The van der Waals surface area contributed by atoms with E-state index in [4.69, 9.17) is 9.47 Å². The summed E-state index contributed by atoms with van der Waals surface area (Å²) in [7, 11) is -3.37. The van der Waals surface area contributed by atoms with Gasteiger partial charge in [-0.25, -0.2) is 22.2 Å². The van der Waals surface area contributed by atoms with Crippen LogP contribution >= 0.6 is 0 Å². The highest BCUT2D eigenvalue weighted by Crippen LogP contribution is 2.33. The second kappa shape index (κ2) is 12.2. The first-order chi connectivity index (χ1) is 19.5. The molecule has 1 atom stereocenters. The summed E-state index contributed by atoms with van der Waals surface area (Å²) >= 11 is 0. The van der Waals surface area contributed by atoms with Crippen LogP contribution in [0, 0.1) is 24.5 Å². The first-order valence-electron chi connectivity index (χ1n) is 12.3. The van der Waals surface area contributed by atoms with Gasteiger partial charge in [-0.15, -0.1) is 0 Å². The Kier molecular flexibility index (Phi) is 8.90. The monoisotopic (exact) mass is 589 g/mol. The number of rotatable bonds is 10. The number of pyridine rings is 1. The molecule has 2 aromatic heterocycles. The zero-order valence-corrected chi connectivity index (χ0v) is 23.1.